The number of aromatic nitrogens is 2. The van der Waals surface area contributed by atoms with Gasteiger partial charge in [0.25, 0.3) is 0 Å². The lowest BCUT2D eigenvalue weighted by molar-refractivity contribution is 0.443. The van der Waals surface area contributed by atoms with Gasteiger partial charge in [0.15, 0.2) is 0 Å². The molecule has 3 rings (SSSR count). The predicted octanol–water partition coefficient (Wildman–Crippen LogP) is 2.98. The van der Waals surface area contributed by atoms with Crippen LogP contribution in [-0.2, 0) is 6.42 Å². The summed E-state index contributed by atoms with van der Waals surface area (Å²) < 4.78 is 13.0. The number of nitrogens with one attached hydrogen (secondary N) is 1. The number of hydrogen-bond acceptors (Lipinski definition) is 3. The van der Waals surface area contributed by atoms with Crippen molar-refractivity contribution in [3.8, 4) is 0 Å². The summed E-state index contributed by atoms with van der Waals surface area (Å²) in [5.41, 5.74) is 3.10. The number of nitrogens with zero attached hydrogens (tertiary/aromatic N) is 2. The summed E-state index contributed by atoms with van der Waals surface area (Å²) in [5.74, 6) is 1.22. The van der Waals surface area contributed by atoms with E-state index in [-0.39, 0.29) is 5.82 Å². The molecule has 2 heterocycles. The van der Waals surface area contributed by atoms with Crippen molar-refractivity contribution in [1.29, 1.82) is 0 Å². The van der Waals surface area contributed by atoms with Gasteiger partial charge in [0.05, 0.1) is 0 Å². The zero-order valence-corrected chi connectivity index (χ0v) is 12.3. The molecule has 1 aliphatic heterocycles. The minimum absolute atomic E-state index is 0.201. The van der Waals surface area contributed by atoms with Crippen molar-refractivity contribution in [2.75, 3.05) is 13.1 Å². The molecule has 1 aromatic carbocycles. The van der Waals surface area contributed by atoms with Crippen molar-refractivity contribution in [3.05, 3.63) is 58.9 Å². The van der Waals surface area contributed by atoms with Crippen LogP contribution >= 0.6 is 0 Å². The summed E-state index contributed by atoms with van der Waals surface area (Å²) in [5, 5.41) is 3.37. The second-order valence-corrected chi connectivity index (χ2v) is 5.69. The first kappa shape index (κ1) is 14.1. The molecule has 0 atom stereocenters. The van der Waals surface area contributed by atoms with Gasteiger partial charge in [0.1, 0.15) is 11.6 Å². The van der Waals surface area contributed by atoms with Crippen LogP contribution in [0.15, 0.2) is 30.3 Å². The van der Waals surface area contributed by atoms with Crippen LogP contribution in [0, 0.1) is 12.7 Å². The Morgan fingerprint density at radius 2 is 1.86 bits per heavy atom. The SMILES string of the molecule is Cc1cc(Cc2ccc(F)cc2)nc(C2CCNCC2)n1. The van der Waals surface area contributed by atoms with Crippen LogP contribution in [-0.4, -0.2) is 23.1 Å². The van der Waals surface area contributed by atoms with Gasteiger partial charge in [-0.2, -0.15) is 0 Å². The van der Waals surface area contributed by atoms with Gasteiger partial charge in [-0.1, -0.05) is 12.1 Å². The third-order valence-electron chi connectivity index (χ3n) is 3.93. The number of aryl methyl sites for hydroxylation is 1. The standard InChI is InChI=1S/C17H20FN3/c1-12-10-16(11-13-2-4-15(18)5-3-13)21-17(20-12)14-6-8-19-9-7-14/h2-5,10,14,19H,6-9,11H2,1H3. The van der Waals surface area contributed by atoms with Crippen LogP contribution < -0.4 is 5.32 Å². The molecule has 3 nitrogen and oxygen atoms in total. The fraction of sp³-hybridized carbons (Fsp3) is 0.412. The van der Waals surface area contributed by atoms with E-state index in [4.69, 9.17) is 4.98 Å². The Morgan fingerprint density at radius 3 is 2.57 bits per heavy atom. The van der Waals surface area contributed by atoms with Crippen LogP contribution in [0.3, 0.4) is 0 Å². The summed E-state index contributed by atoms with van der Waals surface area (Å²) >= 11 is 0. The summed E-state index contributed by atoms with van der Waals surface area (Å²) in [6.45, 7) is 4.09. The third-order valence-corrected chi connectivity index (χ3v) is 3.93. The molecule has 21 heavy (non-hydrogen) atoms. The van der Waals surface area contributed by atoms with E-state index < -0.39 is 0 Å². The molecule has 0 spiro atoms. The Morgan fingerprint density at radius 1 is 1.14 bits per heavy atom. The molecule has 0 saturated carbocycles. The molecular weight excluding hydrogens is 265 g/mol. The van der Waals surface area contributed by atoms with Crippen molar-refractivity contribution in [3.63, 3.8) is 0 Å². The fourth-order valence-corrected chi connectivity index (χ4v) is 2.82. The average Bonchev–Trinajstić information content (AvgIpc) is 2.50. The van der Waals surface area contributed by atoms with Crippen LogP contribution in [0.4, 0.5) is 4.39 Å². The zero-order valence-electron chi connectivity index (χ0n) is 12.3. The second kappa shape index (κ2) is 6.31. The lowest BCUT2D eigenvalue weighted by atomic mass is 9.97. The third kappa shape index (κ3) is 3.64. The van der Waals surface area contributed by atoms with E-state index in [0.717, 1.165) is 55.1 Å². The molecule has 0 aliphatic carbocycles. The molecule has 1 aromatic heterocycles. The molecule has 0 radical (unpaired) electrons. The topological polar surface area (TPSA) is 37.8 Å². The van der Waals surface area contributed by atoms with E-state index in [1.165, 1.54) is 12.1 Å². The molecule has 110 valence electrons. The highest BCUT2D eigenvalue weighted by atomic mass is 19.1. The maximum atomic E-state index is 13.0. The maximum Gasteiger partial charge on any atom is 0.132 e. The highest BCUT2D eigenvalue weighted by Gasteiger charge is 2.18. The Bertz CT molecular complexity index is 604. The zero-order chi connectivity index (χ0) is 14.7. The maximum absolute atomic E-state index is 13.0. The lowest BCUT2D eigenvalue weighted by Gasteiger charge is -2.22. The van der Waals surface area contributed by atoms with Gasteiger partial charge in [-0.05, 0) is 56.6 Å². The number of piperidine rings is 1. The summed E-state index contributed by atoms with van der Waals surface area (Å²) in [6, 6.07) is 8.65. The monoisotopic (exact) mass is 285 g/mol. The van der Waals surface area contributed by atoms with Gasteiger partial charge < -0.3 is 5.32 Å². The van der Waals surface area contributed by atoms with Crippen molar-refractivity contribution in [2.24, 2.45) is 0 Å². The van der Waals surface area contributed by atoms with Crippen LogP contribution in [0.2, 0.25) is 0 Å². The van der Waals surface area contributed by atoms with Crippen molar-refractivity contribution < 1.29 is 4.39 Å². The average molecular weight is 285 g/mol. The summed E-state index contributed by atoms with van der Waals surface area (Å²) in [7, 11) is 0. The fourth-order valence-electron chi connectivity index (χ4n) is 2.82. The highest BCUT2D eigenvalue weighted by molar-refractivity contribution is 5.24. The summed E-state index contributed by atoms with van der Waals surface area (Å²) in [6.07, 6.45) is 2.92. The van der Waals surface area contributed by atoms with Crippen LogP contribution in [0.25, 0.3) is 0 Å². The van der Waals surface area contributed by atoms with Crippen molar-refractivity contribution in [1.82, 2.24) is 15.3 Å². The molecule has 0 unspecified atom stereocenters. The van der Waals surface area contributed by atoms with Gasteiger partial charge >= 0.3 is 0 Å². The Labute approximate surface area is 124 Å². The largest absolute Gasteiger partial charge is 0.317 e. The molecule has 1 fully saturated rings. The molecule has 1 saturated heterocycles. The Kier molecular flexibility index (Phi) is 4.25. The first-order valence-corrected chi connectivity index (χ1v) is 7.50. The number of halogens is 1. The first-order chi connectivity index (χ1) is 10.2. The molecule has 1 N–H and O–H groups in total. The molecule has 0 bridgehead atoms. The van der Waals surface area contributed by atoms with Gasteiger partial charge in [0, 0.05) is 23.7 Å². The number of hydrogen-bond donors (Lipinski definition) is 1. The Hall–Kier alpha value is -1.81. The van der Waals surface area contributed by atoms with E-state index in [1.54, 1.807) is 0 Å². The van der Waals surface area contributed by atoms with E-state index in [0.29, 0.717) is 5.92 Å². The van der Waals surface area contributed by atoms with Crippen molar-refractivity contribution >= 4 is 0 Å². The first-order valence-electron chi connectivity index (χ1n) is 7.50. The molecular formula is C17H20FN3. The number of rotatable bonds is 3. The lowest BCUT2D eigenvalue weighted by Crippen LogP contribution is -2.27. The van der Waals surface area contributed by atoms with Gasteiger partial charge in [-0.15, -0.1) is 0 Å². The summed E-state index contributed by atoms with van der Waals surface area (Å²) in [4.78, 5) is 9.36. The van der Waals surface area contributed by atoms with Crippen LogP contribution in [0.5, 0.6) is 0 Å². The van der Waals surface area contributed by atoms with E-state index >= 15 is 0 Å². The predicted molar refractivity (Wildman–Crippen MR) is 80.8 cm³/mol. The highest BCUT2D eigenvalue weighted by Crippen LogP contribution is 2.23. The van der Waals surface area contributed by atoms with Gasteiger partial charge in [-0.25, -0.2) is 14.4 Å². The normalized spacial score (nSPS) is 16.1. The van der Waals surface area contributed by atoms with Crippen molar-refractivity contribution in [2.45, 2.75) is 32.1 Å². The smallest absolute Gasteiger partial charge is 0.132 e. The van der Waals surface area contributed by atoms with E-state index in [9.17, 15) is 4.39 Å². The minimum atomic E-state index is -0.201. The Balaban J connectivity index is 1.81. The van der Waals surface area contributed by atoms with Crippen LogP contribution in [0.1, 0.15) is 41.5 Å². The van der Waals surface area contributed by atoms with E-state index in [2.05, 4.69) is 10.3 Å². The second-order valence-electron chi connectivity index (χ2n) is 5.69. The molecule has 1 aliphatic rings. The number of benzene rings is 1. The van der Waals surface area contributed by atoms with Gasteiger partial charge in [0.2, 0.25) is 0 Å². The minimum Gasteiger partial charge on any atom is -0.317 e. The molecule has 4 heteroatoms. The van der Waals surface area contributed by atoms with E-state index in [1.807, 2.05) is 25.1 Å². The molecule has 2 aromatic rings. The molecule has 0 amide bonds. The quantitative estimate of drug-likeness (QED) is 0.942. The van der Waals surface area contributed by atoms with Gasteiger partial charge in [-0.3, -0.25) is 0 Å².